The molecule has 0 spiro atoms. The number of nitrogens with two attached hydrogens (primary N) is 1. The molecule has 0 saturated heterocycles. The van der Waals surface area contributed by atoms with Gasteiger partial charge in [0.05, 0.1) is 6.61 Å². The number of nitrogens with zero attached hydrogens (tertiary/aromatic N) is 3. The van der Waals surface area contributed by atoms with Crippen LogP contribution >= 0.6 is 31.9 Å². The van der Waals surface area contributed by atoms with E-state index in [-0.39, 0.29) is 25.3 Å². The maximum Gasteiger partial charge on any atom is 0.433 e. The van der Waals surface area contributed by atoms with Crippen molar-refractivity contribution >= 4 is 55.1 Å². The molecule has 3 rings (SSSR count). The summed E-state index contributed by atoms with van der Waals surface area (Å²) in [7, 11) is 0. The predicted molar refractivity (Wildman–Crippen MR) is 129 cm³/mol. The quantitative estimate of drug-likeness (QED) is 0.325. The molecule has 0 radical (unpaired) electrons. The van der Waals surface area contributed by atoms with Crippen molar-refractivity contribution in [2.45, 2.75) is 33.9 Å². The Morgan fingerprint density at radius 1 is 1.15 bits per heavy atom. The van der Waals surface area contributed by atoms with Gasteiger partial charge in [-0.1, -0.05) is 39.3 Å². The van der Waals surface area contributed by atoms with Crippen molar-refractivity contribution in [3.63, 3.8) is 0 Å². The number of hydrogen-bond acceptors (Lipinski definition) is 7. The van der Waals surface area contributed by atoms with Crippen LogP contribution in [0.1, 0.15) is 33.4 Å². The van der Waals surface area contributed by atoms with E-state index < -0.39 is 23.4 Å². The fourth-order valence-electron chi connectivity index (χ4n) is 2.06. The van der Waals surface area contributed by atoms with Crippen molar-refractivity contribution in [1.29, 1.82) is 0 Å². The number of halogens is 5. The van der Waals surface area contributed by atoms with Crippen LogP contribution in [-0.4, -0.2) is 32.7 Å². The van der Waals surface area contributed by atoms with E-state index in [9.17, 15) is 27.6 Å². The lowest BCUT2D eigenvalue weighted by atomic mass is 10.3. The first-order valence-corrected chi connectivity index (χ1v) is 10.7. The summed E-state index contributed by atoms with van der Waals surface area (Å²) in [6.07, 6.45) is -1.71. The molecule has 3 heterocycles. The summed E-state index contributed by atoms with van der Waals surface area (Å²) >= 11 is 6.34. The third-order valence-corrected chi connectivity index (χ3v) is 4.35. The van der Waals surface area contributed by atoms with Gasteiger partial charge >= 0.3 is 12.1 Å². The number of aromatic nitrogens is 3. The fraction of sp³-hybridized carbons (Fsp3) is 0.286. The number of rotatable bonds is 3. The van der Waals surface area contributed by atoms with E-state index in [0.29, 0.717) is 23.0 Å². The smallest absolute Gasteiger partial charge is 0.433 e. The van der Waals surface area contributed by atoms with Crippen LogP contribution in [-0.2, 0) is 20.5 Å². The maximum atomic E-state index is 12.4. The third-order valence-electron chi connectivity index (χ3n) is 3.36. The van der Waals surface area contributed by atoms with Gasteiger partial charge in [-0.25, -0.2) is 9.97 Å². The van der Waals surface area contributed by atoms with Gasteiger partial charge in [-0.2, -0.15) is 13.2 Å². The number of ketones is 1. The first-order chi connectivity index (χ1) is 15.3. The summed E-state index contributed by atoms with van der Waals surface area (Å²) in [5.41, 5.74) is 3.33. The number of alkyl halides is 3. The highest BCUT2D eigenvalue weighted by molar-refractivity contribution is 9.10. The molecular weight excluding hydrogens is 589 g/mol. The minimum Gasteiger partial charge on any atom is -0.466 e. The molecule has 8 nitrogen and oxygen atoms in total. The standard InChI is InChI=1S/C9H4BrF3N2O.C6H10O3.C5H5BrN2.CH4/c10-5-1-2-15-7(3-5)14-6(4-8(15)16)9(11,12)13;1-3-9-6(8)4-5(2)7;6-4-1-2-8-5(7)3-4;/h1-4H;3-4H2,1-2H3;1-3H,(H2,7,8);1H4. The van der Waals surface area contributed by atoms with Crippen LogP contribution in [0.2, 0.25) is 0 Å². The Morgan fingerprint density at radius 2 is 1.76 bits per heavy atom. The molecular formula is C21H23Br2F3N4O4. The number of carbonyl (C=O) groups excluding carboxylic acids is 2. The summed E-state index contributed by atoms with van der Waals surface area (Å²) in [4.78, 5) is 39.2. The van der Waals surface area contributed by atoms with Gasteiger partial charge in [0.2, 0.25) is 0 Å². The van der Waals surface area contributed by atoms with Gasteiger partial charge in [0.25, 0.3) is 5.56 Å². The zero-order valence-corrected chi connectivity index (χ0v) is 20.6. The number of fused-ring (bicyclic) bond motifs is 1. The number of hydrogen-bond donors (Lipinski definition) is 1. The molecule has 34 heavy (non-hydrogen) atoms. The van der Waals surface area contributed by atoms with Gasteiger partial charge in [0, 0.05) is 27.4 Å². The number of esters is 1. The highest BCUT2D eigenvalue weighted by Crippen LogP contribution is 2.26. The molecule has 2 N–H and O–H groups in total. The lowest BCUT2D eigenvalue weighted by Gasteiger charge is -2.07. The summed E-state index contributed by atoms with van der Waals surface area (Å²) < 4.78 is 44.2. The highest BCUT2D eigenvalue weighted by Gasteiger charge is 2.33. The van der Waals surface area contributed by atoms with Gasteiger partial charge in [-0.3, -0.25) is 18.8 Å². The van der Waals surface area contributed by atoms with Crippen molar-refractivity contribution < 1.29 is 27.5 Å². The van der Waals surface area contributed by atoms with Crippen molar-refractivity contribution in [1.82, 2.24) is 14.4 Å². The van der Waals surface area contributed by atoms with Crippen LogP contribution in [0.4, 0.5) is 19.0 Å². The zero-order chi connectivity index (χ0) is 25.2. The van der Waals surface area contributed by atoms with E-state index in [1.165, 1.54) is 19.2 Å². The maximum absolute atomic E-state index is 12.4. The highest BCUT2D eigenvalue weighted by atomic mass is 79.9. The van der Waals surface area contributed by atoms with E-state index in [0.717, 1.165) is 8.87 Å². The van der Waals surface area contributed by atoms with Gasteiger partial charge < -0.3 is 10.5 Å². The Hall–Kier alpha value is -2.80. The molecule has 0 aromatic carbocycles. The van der Waals surface area contributed by atoms with Crippen LogP contribution in [0.25, 0.3) is 5.65 Å². The number of anilines is 1. The Morgan fingerprint density at radius 3 is 2.24 bits per heavy atom. The molecule has 0 saturated carbocycles. The second kappa shape index (κ2) is 14.5. The first kappa shape index (κ1) is 31.2. The van der Waals surface area contributed by atoms with Gasteiger partial charge in [0.15, 0.2) is 5.69 Å². The van der Waals surface area contributed by atoms with Crippen LogP contribution in [0, 0.1) is 0 Å². The third kappa shape index (κ3) is 11.4. The van der Waals surface area contributed by atoms with E-state index >= 15 is 0 Å². The summed E-state index contributed by atoms with van der Waals surface area (Å²) in [5.74, 6) is -0.0576. The lowest BCUT2D eigenvalue weighted by molar-refractivity contribution is -0.145. The molecule has 3 aromatic heterocycles. The van der Waals surface area contributed by atoms with Crippen LogP contribution in [0.5, 0.6) is 0 Å². The first-order valence-electron chi connectivity index (χ1n) is 9.11. The minimum absolute atomic E-state index is 0. The molecule has 0 atom stereocenters. The fourth-order valence-corrected chi connectivity index (χ4v) is 2.74. The average Bonchev–Trinajstić information content (AvgIpc) is 2.67. The lowest BCUT2D eigenvalue weighted by Crippen LogP contribution is -2.19. The molecule has 0 aliphatic heterocycles. The normalized spacial score (nSPS) is 10.1. The molecule has 0 aliphatic carbocycles. The number of ether oxygens (including phenoxy) is 1. The van der Waals surface area contributed by atoms with Gasteiger partial charge in [-0.15, -0.1) is 0 Å². The monoisotopic (exact) mass is 610 g/mol. The molecule has 186 valence electrons. The molecule has 3 aromatic rings. The van der Waals surface area contributed by atoms with E-state index in [1.807, 2.05) is 6.07 Å². The van der Waals surface area contributed by atoms with Crippen LogP contribution < -0.4 is 11.3 Å². The van der Waals surface area contributed by atoms with E-state index in [2.05, 4.69) is 46.6 Å². The molecule has 0 amide bonds. The number of Topliss-reactive ketones (excluding diaryl/α,β-unsaturated/α-hetero) is 1. The van der Waals surface area contributed by atoms with Crippen LogP contribution in [0.3, 0.4) is 0 Å². The van der Waals surface area contributed by atoms with Gasteiger partial charge in [-0.05, 0) is 38.1 Å². The second-order valence-corrected chi connectivity index (χ2v) is 7.96. The molecule has 13 heteroatoms. The Kier molecular flexibility index (Phi) is 13.3. The minimum atomic E-state index is -4.61. The van der Waals surface area contributed by atoms with Crippen molar-refractivity contribution in [2.24, 2.45) is 0 Å². The Balaban J connectivity index is 0.000000519. The van der Waals surface area contributed by atoms with Crippen molar-refractivity contribution in [2.75, 3.05) is 12.3 Å². The second-order valence-electron chi connectivity index (χ2n) is 6.13. The largest absolute Gasteiger partial charge is 0.466 e. The van der Waals surface area contributed by atoms with E-state index in [4.69, 9.17) is 5.73 Å². The Labute approximate surface area is 210 Å². The summed E-state index contributed by atoms with van der Waals surface area (Å²) in [5, 5.41) is 0. The molecule has 0 aliphatic rings. The van der Waals surface area contributed by atoms with Crippen LogP contribution in [0.15, 0.2) is 56.5 Å². The van der Waals surface area contributed by atoms with Gasteiger partial charge in [0.1, 0.15) is 23.7 Å². The topological polar surface area (TPSA) is 117 Å². The zero-order valence-electron chi connectivity index (χ0n) is 17.4. The van der Waals surface area contributed by atoms with Crippen molar-refractivity contribution in [3.8, 4) is 0 Å². The average molecular weight is 612 g/mol. The van der Waals surface area contributed by atoms with Crippen molar-refractivity contribution in [3.05, 3.63) is 67.7 Å². The number of carbonyl (C=O) groups is 2. The number of nitrogen functional groups attached to an aromatic ring is 1. The summed E-state index contributed by atoms with van der Waals surface area (Å²) in [6, 6.07) is 6.94. The SMILES string of the molecule is C.CCOC(=O)CC(C)=O.Nc1cc(Br)ccn1.O=c1cc(C(F)(F)F)nc2cc(Br)ccn12. The summed E-state index contributed by atoms with van der Waals surface area (Å²) in [6.45, 7) is 3.40. The predicted octanol–water partition coefficient (Wildman–Crippen LogP) is 5.07. The molecule has 0 bridgehead atoms. The number of pyridine rings is 2. The van der Waals surface area contributed by atoms with E-state index in [1.54, 1.807) is 25.3 Å². The molecule has 0 fully saturated rings. The molecule has 0 unspecified atom stereocenters. The Bertz CT molecular complexity index is 1150.